The number of fused-ring (bicyclic) bond motifs is 1. The summed E-state index contributed by atoms with van der Waals surface area (Å²) >= 11 is 0. The largest absolute Gasteiger partial charge is 0.493 e. The molecule has 0 aliphatic carbocycles. The number of nitrogens with zero attached hydrogens (tertiary/aromatic N) is 3. The summed E-state index contributed by atoms with van der Waals surface area (Å²) in [5, 5.41) is 7.75. The molecule has 2 aromatic carbocycles. The number of para-hydroxylation sites is 1. The lowest BCUT2D eigenvalue weighted by Gasteiger charge is -2.26. The van der Waals surface area contributed by atoms with Crippen LogP contribution >= 0.6 is 0 Å². The average Bonchev–Trinajstić information content (AvgIpc) is 3.15. The average molecular weight is 348 g/mol. The smallest absolute Gasteiger partial charge is 0.226 e. The predicted molar refractivity (Wildman–Crippen MR) is 100 cm³/mol. The SMILES string of the molecule is COc1cccc(C2C=C(c3ccc(C)cc3)Nc3ncnn32)c1OC. The van der Waals surface area contributed by atoms with Gasteiger partial charge in [-0.25, -0.2) is 4.68 Å². The van der Waals surface area contributed by atoms with E-state index in [4.69, 9.17) is 9.47 Å². The third-order valence-electron chi connectivity index (χ3n) is 4.52. The highest BCUT2D eigenvalue weighted by Crippen LogP contribution is 2.40. The van der Waals surface area contributed by atoms with Gasteiger partial charge in [0.25, 0.3) is 0 Å². The summed E-state index contributed by atoms with van der Waals surface area (Å²) in [5.41, 5.74) is 4.26. The molecule has 0 saturated carbocycles. The van der Waals surface area contributed by atoms with Gasteiger partial charge in [-0.05, 0) is 24.6 Å². The fourth-order valence-electron chi connectivity index (χ4n) is 3.20. The molecule has 1 N–H and O–H groups in total. The molecule has 1 unspecified atom stereocenters. The first-order chi connectivity index (χ1) is 12.7. The molecule has 0 radical (unpaired) electrons. The fourth-order valence-corrected chi connectivity index (χ4v) is 3.20. The second kappa shape index (κ2) is 6.55. The zero-order valence-corrected chi connectivity index (χ0v) is 14.9. The van der Waals surface area contributed by atoms with Crippen LogP contribution in [0.2, 0.25) is 0 Å². The van der Waals surface area contributed by atoms with E-state index in [0.29, 0.717) is 17.4 Å². The van der Waals surface area contributed by atoms with Crippen LogP contribution in [0.15, 0.2) is 54.9 Å². The van der Waals surface area contributed by atoms with Crippen LogP contribution in [-0.2, 0) is 0 Å². The molecule has 6 nitrogen and oxygen atoms in total. The van der Waals surface area contributed by atoms with Crippen molar-refractivity contribution < 1.29 is 9.47 Å². The van der Waals surface area contributed by atoms with E-state index >= 15 is 0 Å². The van der Waals surface area contributed by atoms with Crippen molar-refractivity contribution in [3.63, 3.8) is 0 Å². The number of benzene rings is 2. The third-order valence-corrected chi connectivity index (χ3v) is 4.52. The summed E-state index contributed by atoms with van der Waals surface area (Å²) in [6.07, 6.45) is 3.68. The normalized spacial score (nSPS) is 15.7. The maximum absolute atomic E-state index is 5.63. The molecule has 0 saturated heterocycles. The van der Waals surface area contributed by atoms with Gasteiger partial charge < -0.3 is 14.8 Å². The molecule has 1 aromatic heterocycles. The van der Waals surface area contributed by atoms with Crippen LogP contribution in [0, 0.1) is 6.92 Å². The van der Waals surface area contributed by atoms with Crippen molar-refractivity contribution in [1.29, 1.82) is 0 Å². The molecular weight excluding hydrogens is 328 g/mol. The maximum atomic E-state index is 5.63. The highest BCUT2D eigenvalue weighted by atomic mass is 16.5. The van der Waals surface area contributed by atoms with Gasteiger partial charge in [0, 0.05) is 11.3 Å². The van der Waals surface area contributed by atoms with Gasteiger partial charge in [-0.2, -0.15) is 10.1 Å². The lowest BCUT2D eigenvalue weighted by Crippen LogP contribution is -2.20. The number of aromatic nitrogens is 3. The number of rotatable bonds is 4. The van der Waals surface area contributed by atoms with Crippen molar-refractivity contribution in [3.05, 3.63) is 71.6 Å². The lowest BCUT2D eigenvalue weighted by molar-refractivity contribution is 0.349. The van der Waals surface area contributed by atoms with Gasteiger partial charge in [-0.1, -0.05) is 42.0 Å². The van der Waals surface area contributed by atoms with E-state index < -0.39 is 0 Å². The number of aryl methyl sites for hydroxylation is 1. The Hall–Kier alpha value is -3.28. The standard InChI is InChI=1S/C20H20N4O2/c1-13-7-9-14(10-8-13)16-11-17(24-20(23-16)21-12-22-24)15-5-4-6-18(25-2)19(15)26-3/h4-12,17H,1-3H3,(H,21,22,23). The maximum Gasteiger partial charge on any atom is 0.226 e. The lowest BCUT2D eigenvalue weighted by atomic mass is 10.00. The van der Waals surface area contributed by atoms with Gasteiger partial charge in [0.05, 0.1) is 14.2 Å². The molecule has 1 aliphatic heterocycles. The molecule has 1 aliphatic rings. The first kappa shape index (κ1) is 16.2. The van der Waals surface area contributed by atoms with E-state index in [9.17, 15) is 0 Å². The van der Waals surface area contributed by atoms with Crippen LogP contribution in [0.3, 0.4) is 0 Å². The van der Waals surface area contributed by atoms with Crippen molar-refractivity contribution in [3.8, 4) is 11.5 Å². The van der Waals surface area contributed by atoms with Gasteiger partial charge in [0.1, 0.15) is 12.4 Å². The van der Waals surface area contributed by atoms with E-state index in [1.807, 2.05) is 22.9 Å². The highest BCUT2D eigenvalue weighted by Gasteiger charge is 2.27. The van der Waals surface area contributed by atoms with Crippen LogP contribution in [0.25, 0.3) is 5.70 Å². The molecule has 0 fully saturated rings. The van der Waals surface area contributed by atoms with Crippen LogP contribution in [0.1, 0.15) is 22.7 Å². The summed E-state index contributed by atoms with van der Waals surface area (Å²) in [6, 6.07) is 14.1. The van der Waals surface area contributed by atoms with Crippen LogP contribution in [0.4, 0.5) is 5.95 Å². The molecule has 0 spiro atoms. The number of ether oxygens (including phenoxy) is 2. The molecule has 0 bridgehead atoms. The van der Waals surface area contributed by atoms with Crippen LogP contribution < -0.4 is 14.8 Å². The highest BCUT2D eigenvalue weighted by molar-refractivity contribution is 5.77. The van der Waals surface area contributed by atoms with Crippen molar-refractivity contribution in [2.75, 3.05) is 19.5 Å². The molecule has 3 aromatic rings. The summed E-state index contributed by atoms with van der Waals surface area (Å²) in [5.74, 6) is 2.08. The summed E-state index contributed by atoms with van der Waals surface area (Å²) in [6.45, 7) is 2.08. The Morgan fingerprint density at radius 3 is 2.58 bits per heavy atom. The predicted octanol–water partition coefficient (Wildman–Crippen LogP) is 3.66. The summed E-state index contributed by atoms with van der Waals surface area (Å²) in [7, 11) is 3.29. The first-order valence-corrected chi connectivity index (χ1v) is 8.37. The summed E-state index contributed by atoms with van der Waals surface area (Å²) in [4.78, 5) is 4.35. The van der Waals surface area contributed by atoms with Crippen molar-refractivity contribution >= 4 is 11.6 Å². The minimum atomic E-state index is -0.157. The quantitative estimate of drug-likeness (QED) is 0.780. The minimum absolute atomic E-state index is 0.157. The second-order valence-corrected chi connectivity index (χ2v) is 6.13. The van der Waals surface area contributed by atoms with E-state index in [1.54, 1.807) is 20.5 Å². The Morgan fingerprint density at radius 1 is 1.04 bits per heavy atom. The Labute approximate surface area is 152 Å². The first-order valence-electron chi connectivity index (χ1n) is 8.37. The van der Waals surface area contributed by atoms with E-state index in [0.717, 1.165) is 16.8 Å². The number of nitrogens with one attached hydrogen (secondary N) is 1. The Bertz CT molecular complexity index is 960. The second-order valence-electron chi connectivity index (χ2n) is 6.13. The number of hydrogen-bond donors (Lipinski definition) is 1. The van der Waals surface area contributed by atoms with Gasteiger partial charge in [-0.3, -0.25) is 0 Å². The van der Waals surface area contributed by atoms with Gasteiger partial charge in [0.2, 0.25) is 5.95 Å². The number of methoxy groups -OCH3 is 2. The summed E-state index contributed by atoms with van der Waals surface area (Å²) < 4.78 is 12.9. The number of allylic oxidation sites excluding steroid dienone is 1. The fraction of sp³-hybridized carbons (Fsp3) is 0.200. The molecule has 4 rings (SSSR count). The monoisotopic (exact) mass is 348 g/mol. The van der Waals surface area contributed by atoms with Gasteiger partial charge >= 0.3 is 0 Å². The van der Waals surface area contributed by atoms with Crippen LogP contribution in [0.5, 0.6) is 11.5 Å². The van der Waals surface area contributed by atoms with Gasteiger partial charge in [0.15, 0.2) is 11.5 Å². The minimum Gasteiger partial charge on any atom is -0.493 e. The van der Waals surface area contributed by atoms with E-state index in [2.05, 4.69) is 52.7 Å². The Morgan fingerprint density at radius 2 is 1.85 bits per heavy atom. The zero-order valence-electron chi connectivity index (χ0n) is 14.9. The molecule has 26 heavy (non-hydrogen) atoms. The van der Waals surface area contributed by atoms with Crippen molar-refractivity contribution in [2.24, 2.45) is 0 Å². The number of hydrogen-bond acceptors (Lipinski definition) is 5. The Kier molecular flexibility index (Phi) is 4.08. The van der Waals surface area contributed by atoms with Crippen molar-refractivity contribution in [2.45, 2.75) is 13.0 Å². The molecular formula is C20H20N4O2. The Balaban J connectivity index is 1.85. The van der Waals surface area contributed by atoms with E-state index in [1.165, 1.54) is 5.56 Å². The number of anilines is 1. The molecule has 132 valence electrons. The van der Waals surface area contributed by atoms with Gasteiger partial charge in [-0.15, -0.1) is 0 Å². The molecule has 1 atom stereocenters. The topological polar surface area (TPSA) is 61.2 Å². The third kappa shape index (κ3) is 2.69. The van der Waals surface area contributed by atoms with Crippen LogP contribution in [-0.4, -0.2) is 29.0 Å². The van der Waals surface area contributed by atoms with E-state index in [-0.39, 0.29) is 6.04 Å². The van der Waals surface area contributed by atoms with Crippen molar-refractivity contribution in [1.82, 2.24) is 14.8 Å². The molecule has 0 amide bonds. The molecule has 2 heterocycles. The molecule has 6 heteroatoms. The zero-order chi connectivity index (χ0) is 18.1.